The number of rotatable bonds is 5. The van der Waals surface area contributed by atoms with Gasteiger partial charge in [0.2, 0.25) is 0 Å². The molecule has 1 aromatic carbocycles. The number of benzene rings is 1. The predicted molar refractivity (Wildman–Crippen MR) is 99.7 cm³/mol. The van der Waals surface area contributed by atoms with E-state index < -0.39 is 0 Å². The second-order valence-electron chi connectivity index (χ2n) is 6.21. The topological polar surface area (TPSA) is 71.5 Å². The molecule has 2 heterocycles. The molecular formula is C20H23N3O3. The number of likely N-dealkylation sites (tertiary alicyclic amines) is 1. The quantitative estimate of drug-likeness (QED) is 0.831. The van der Waals surface area contributed by atoms with Crippen molar-refractivity contribution in [3.8, 4) is 0 Å². The first-order valence-corrected chi connectivity index (χ1v) is 8.97. The summed E-state index contributed by atoms with van der Waals surface area (Å²) in [5.74, 6) is 0.302. The lowest BCUT2D eigenvalue weighted by Crippen LogP contribution is -2.35. The average Bonchev–Trinajstić information content (AvgIpc) is 2.69. The Morgan fingerprint density at radius 2 is 1.81 bits per heavy atom. The van der Waals surface area contributed by atoms with E-state index in [0.29, 0.717) is 23.6 Å². The minimum atomic E-state index is -0.341. The number of hydrogen-bond acceptors (Lipinski definition) is 5. The van der Waals surface area contributed by atoms with Crippen molar-refractivity contribution >= 4 is 23.4 Å². The van der Waals surface area contributed by atoms with Crippen LogP contribution < -0.4 is 5.32 Å². The second kappa shape index (κ2) is 8.47. The number of carbonyl (C=O) groups excluding carboxylic acids is 2. The Hall–Kier alpha value is -2.89. The third-order valence-electron chi connectivity index (χ3n) is 4.32. The Bertz CT molecular complexity index is 768. The second-order valence-corrected chi connectivity index (χ2v) is 6.21. The largest absolute Gasteiger partial charge is 0.462 e. The SMILES string of the molecule is CCOC(=O)c1ccc(Nc2cc(C(=O)N3CCCCC3)ccn2)cc1. The Balaban J connectivity index is 1.68. The Morgan fingerprint density at radius 1 is 1.08 bits per heavy atom. The van der Waals surface area contributed by atoms with Gasteiger partial charge in [0.1, 0.15) is 5.82 Å². The maximum absolute atomic E-state index is 12.6. The number of hydrogen-bond donors (Lipinski definition) is 1. The Morgan fingerprint density at radius 3 is 2.50 bits per heavy atom. The van der Waals surface area contributed by atoms with Gasteiger partial charge in [-0.1, -0.05) is 0 Å². The van der Waals surface area contributed by atoms with Crippen molar-refractivity contribution in [1.82, 2.24) is 9.88 Å². The Kier molecular flexibility index (Phi) is 5.84. The molecule has 1 aromatic heterocycles. The van der Waals surface area contributed by atoms with Gasteiger partial charge in [0.15, 0.2) is 0 Å². The zero-order valence-corrected chi connectivity index (χ0v) is 14.9. The van der Waals surface area contributed by atoms with Crippen LogP contribution in [0.3, 0.4) is 0 Å². The summed E-state index contributed by atoms with van der Waals surface area (Å²) in [5.41, 5.74) is 1.92. The summed E-state index contributed by atoms with van der Waals surface area (Å²) in [6, 6.07) is 10.5. The highest BCUT2D eigenvalue weighted by Gasteiger charge is 2.18. The number of aromatic nitrogens is 1. The van der Waals surface area contributed by atoms with Gasteiger partial charge >= 0.3 is 5.97 Å². The molecule has 1 saturated heterocycles. The predicted octanol–water partition coefficient (Wildman–Crippen LogP) is 3.63. The smallest absolute Gasteiger partial charge is 0.338 e. The lowest BCUT2D eigenvalue weighted by molar-refractivity contribution is 0.0526. The van der Waals surface area contributed by atoms with Crippen LogP contribution in [0.15, 0.2) is 42.6 Å². The summed E-state index contributed by atoms with van der Waals surface area (Å²) in [6.07, 6.45) is 4.95. The minimum Gasteiger partial charge on any atom is -0.462 e. The van der Waals surface area contributed by atoms with Crippen molar-refractivity contribution in [3.05, 3.63) is 53.7 Å². The van der Waals surface area contributed by atoms with Gasteiger partial charge in [-0.2, -0.15) is 0 Å². The molecule has 1 fully saturated rings. The van der Waals surface area contributed by atoms with Crippen LogP contribution in [0.4, 0.5) is 11.5 Å². The zero-order valence-electron chi connectivity index (χ0n) is 14.9. The molecular weight excluding hydrogens is 330 g/mol. The highest BCUT2D eigenvalue weighted by atomic mass is 16.5. The monoisotopic (exact) mass is 353 g/mol. The summed E-state index contributed by atoms with van der Waals surface area (Å²) in [5, 5.41) is 3.17. The van der Waals surface area contributed by atoms with Crippen molar-refractivity contribution in [3.63, 3.8) is 0 Å². The normalized spacial score (nSPS) is 14.0. The van der Waals surface area contributed by atoms with E-state index >= 15 is 0 Å². The molecule has 1 aliphatic heterocycles. The first-order chi connectivity index (χ1) is 12.7. The fourth-order valence-corrected chi connectivity index (χ4v) is 2.96. The van der Waals surface area contributed by atoms with Crippen LogP contribution >= 0.6 is 0 Å². The third-order valence-corrected chi connectivity index (χ3v) is 4.32. The van der Waals surface area contributed by atoms with E-state index in [1.165, 1.54) is 6.42 Å². The molecule has 136 valence electrons. The van der Waals surface area contributed by atoms with Gasteiger partial charge in [-0.25, -0.2) is 9.78 Å². The molecule has 1 aliphatic rings. The molecule has 0 spiro atoms. The Labute approximate surface area is 153 Å². The van der Waals surface area contributed by atoms with E-state index in [1.807, 2.05) is 4.90 Å². The average molecular weight is 353 g/mol. The number of anilines is 2. The van der Waals surface area contributed by atoms with Gasteiger partial charge in [-0.3, -0.25) is 4.79 Å². The number of piperidine rings is 1. The molecule has 0 atom stereocenters. The molecule has 3 rings (SSSR count). The molecule has 1 amide bonds. The molecule has 1 N–H and O–H groups in total. The number of amides is 1. The summed E-state index contributed by atoms with van der Waals surface area (Å²) < 4.78 is 4.97. The van der Waals surface area contributed by atoms with Crippen molar-refractivity contribution in [2.75, 3.05) is 25.0 Å². The summed E-state index contributed by atoms with van der Waals surface area (Å²) in [6.45, 7) is 3.76. The van der Waals surface area contributed by atoms with Gasteiger partial charge in [-0.05, 0) is 62.6 Å². The molecule has 0 bridgehead atoms. The fraction of sp³-hybridized carbons (Fsp3) is 0.350. The first-order valence-electron chi connectivity index (χ1n) is 8.97. The maximum atomic E-state index is 12.6. The molecule has 0 aliphatic carbocycles. The number of esters is 1. The fourth-order valence-electron chi connectivity index (χ4n) is 2.96. The van der Waals surface area contributed by atoms with Crippen LogP contribution in [0.25, 0.3) is 0 Å². The van der Waals surface area contributed by atoms with Gasteiger partial charge < -0.3 is 15.0 Å². The number of nitrogens with one attached hydrogen (secondary N) is 1. The van der Waals surface area contributed by atoms with Crippen molar-refractivity contribution in [2.45, 2.75) is 26.2 Å². The van der Waals surface area contributed by atoms with E-state index in [0.717, 1.165) is 31.6 Å². The highest BCUT2D eigenvalue weighted by molar-refractivity contribution is 5.95. The van der Waals surface area contributed by atoms with Crippen LogP contribution in [0.5, 0.6) is 0 Å². The number of nitrogens with zero attached hydrogens (tertiary/aromatic N) is 2. The van der Waals surface area contributed by atoms with Crippen molar-refractivity contribution in [2.24, 2.45) is 0 Å². The van der Waals surface area contributed by atoms with Gasteiger partial charge in [0.05, 0.1) is 12.2 Å². The summed E-state index contributed by atoms with van der Waals surface area (Å²) in [7, 11) is 0. The summed E-state index contributed by atoms with van der Waals surface area (Å²) in [4.78, 5) is 30.5. The first kappa shape index (κ1) is 17.9. The maximum Gasteiger partial charge on any atom is 0.338 e. The van der Waals surface area contributed by atoms with E-state index in [4.69, 9.17) is 4.74 Å². The molecule has 26 heavy (non-hydrogen) atoms. The van der Waals surface area contributed by atoms with E-state index in [2.05, 4.69) is 10.3 Å². The van der Waals surface area contributed by atoms with Crippen LogP contribution in [0, 0.1) is 0 Å². The van der Waals surface area contributed by atoms with E-state index in [1.54, 1.807) is 49.5 Å². The van der Waals surface area contributed by atoms with E-state index in [9.17, 15) is 9.59 Å². The van der Waals surface area contributed by atoms with Gasteiger partial charge in [0, 0.05) is 30.5 Å². The lowest BCUT2D eigenvalue weighted by atomic mass is 10.1. The van der Waals surface area contributed by atoms with Crippen molar-refractivity contribution in [1.29, 1.82) is 0 Å². The van der Waals surface area contributed by atoms with Crippen LogP contribution in [-0.2, 0) is 4.74 Å². The van der Waals surface area contributed by atoms with Crippen LogP contribution in [-0.4, -0.2) is 41.5 Å². The molecule has 0 saturated carbocycles. The van der Waals surface area contributed by atoms with Gasteiger partial charge in [-0.15, -0.1) is 0 Å². The third kappa shape index (κ3) is 4.39. The highest BCUT2D eigenvalue weighted by Crippen LogP contribution is 2.19. The van der Waals surface area contributed by atoms with Crippen LogP contribution in [0.1, 0.15) is 46.9 Å². The standard InChI is InChI=1S/C20H23N3O3/c1-2-26-20(25)15-6-8-17(9-7-15)22-18-14-16(10-11-21-18)19(24)23-12-4-3-5-13-23/h6-11,14H,2-5,12-13H2,1H3,(H,21,22). The molecule has 6 nitrogen and oxygen atoms in total. The molecule has 0 radical (unpaired) electrons. The van der Waals surface area contributed by atoms with Crippen LogP contribution in [0.2, 0.25) is 0 Å². The lowest BCUT2D eigenvalue weighted by Gasteiger charge is -2.26. The number of carbonyl (C=O) groups is 2. The molecule has 0 unspecified atom stereocenters. The van der Waals surface area contributed by atoms with E-state index in [-0.39, 0.29) is 11.9 Å². The van der Waals surface area contributed by atoms with Gasteiger partial charge in [0.25, 0.3) is 5.91 Å². The number of ether oxygens (including phenoxy) is 1. The number of pyridine rings is 1. The summed E-state index contributed by atoms with van der Waals surface area (Å²) >= 11 is 0. The molecule has 2 aromatic rings. The van der Waals surface area contributed by atoms with Crippen molar-refractivity contribution < 1.29 is 14.3 Å². The molecule has 6 heteroatoms. The minimum absolute atomic E-state index is 0.0489. The zero-order chi connectivity index (χ0) is 18.4.